The molecule has 3 aromatic rings. The Hall–Kier alpha value is -7.56. The third kappa shape index (κ3) is 12.4. The predicted molar refractivity (Wildman–Crippen MR) is 257 cm³/mol. The molecular formula is C50H61FN8O14. The summed E-state index contributed by atoms with van der Waals surface area (Å²) < 4.78 is 33.3. The third-order valence-corrected chi connectivity index (χ3v) is 12.5. The molecule has 0 radical (unpaired) electrons. The summed E-state index contributed by atoms with van der Waals surface area (Å²) in [7, 11) is 0. The van der Waals surface area contributed by atoms with Crippen molar-refractivity contribution in [3.05, 3.63) is 68.8 Å². The molecule has 0 unspecified atom stereocenters. The number of hydrogen-bond acceptors (Lipinski definition) is 15. The number of carbonyl (C=O) groups is 9. The Bertz CT molecular complexity index is 2840. The molecule has 22 nitrogen and oxygen atoms in total. The highest BCUT2D eigenvalue weighted by Crippen LogP contribution is 2.41. The van der Waals surface area contributed by atoms with Crippen LogP contribution in [-0.4, -0.2) is 122 Å². The highest BCUT2D eigenvalue weighted by molar-refractivity contribution is 6.12. The Kier molecular flexibility index (Phi) is 16.9. The third-order valence-electron chi connectivity index (χ3n) is 12.5. The molecule has 0 aliphatic carbocycles. The van der Waals surface area contributed by atoms with Crippen LogP contribution in [0.1, 0.15) is 110 Å². The van der Waals surface area contributed by atoms with Gasteiger partial charge in [-0.3, -0.25) is 48.1 Å². The molecule has 3 aliphatic heterocycles. The van der Waals surface area contributed by atoms with Gasteiger partial charge in [0.15, 0.2) is 17.2 Å². The summed E-state index contributed by atoms with van der Waals surface area (Å²) in [5.41, 5.74) is -0.291. The molecule has 0 bridgehead atoms. The van der Waals surface area contributed by atoms with E-state index in [-0.39, 0.29) is 87.3 Å². The molecule has 7 amide bonds. The van der Waals surface area contributed by atoms with E-state index in [4.69, 9.17) is 19.2 Å². The van der Waals surface area contributed by atoms with E-state index in [1.165, 1.54) is 37.5 Å². The Morgan fingerprint density at radius 2 is 1.49 bits per heavy atom. The number of amides is 7. The minimum atomic E-state index is -2.00. The molecule has 73 heavy (non-hydrogen) atoms. The molecule has 0 saturated carbocycles. The molecule has 6 rings (SSSR count). The first-order valence-corrected chi connectivity index (χ1v) is 24.1. The first-order valence-electron chi connectivity index (χ1n) is 24.1. The van der Waals surface area contributed by atoms with Crippen LogP contribution in [-0.2, 0) is 77.8 Å². The van der Waals surface area contributed by atoms with Crippen molar-refractivity contribution in [2.75, 3.05) is 19.7 Å². The van der Waals surface area contributed by atoms with Crippen molar-refractivity contribution in [2.45, 2.75) is 142 Å². The van der Waals surface area contributed by atoms with E-state index in [0.29, 0.717) is 23.2 Å². The summed E-state index contributed by atoms with van der Waals surface area (Å²) in [4.78, 5) is 134. The molecule has 0 fully saturated rings. The summed E-state index contributed by atoms with van der Waals surface area (Å²) in [6.07, 6.45) is 2.15. The number of fused-ring (bicyclic) bond motifs is 5. The van der Waals surface area contributed by atoms with Crippen LogP contribution in [0.5, 0.6) is 5.75 Å². The number of hydrogen-bond donors (Lipinski definition) is 6. The van der Waals surface area contributed by atoms with Crippen LogP contribution in [0.15, 0.2) is 35.1 Å². The Labute approximate surface area is 419 Å². The zero-order valence-corrected chi connectivity index (χ0v) is 41.9. The monoisotopic (exact) mass is 1020 g/mol. The summed E-state index contributed by atoms with van der Waals surface area (Å²) >= 11 is 0. The molecule has 23 heteroatoms. The van der Waals surface area contributed by atoms with Crippen molar-refractivity contribution in [3.63, 3.8) is 0 Å². The largest absolute Gasteiger partial charge is 0.489 e. The summed E-state index contributed by atoms with van der Waals surface area (Å²) in [6, 6.07) is -0.552. The van der Waals surface area contributed by atoms with Crippen molar-refractivity contribution < 1.29 is 66.9 Å². The number of benzene rings is 1. The van der Waals surface area contributed by atoms with Crippen LogP contribution in [0.25, 0.3) is 22.3 Å². The van der Waals surface area contributed by atoms with Crippen molar-refractivity contribution in [1.82, 2.24) is 41.0 Å². The van der Waals surface area contributed by atoms with Gasteiger partial charge in [-0.25, -0.2) is 14.2 Å². The van der Waals surface area contributed by atoms with Gasteiger partial charge < -0.3 is 50.5 Å². The van der Waals surface area contributed by atoms with Crippen molar-refractivity contribution in [1.29, 1.82) is 0 Å². The quantitative estimate of drug-likeness (QED) is 0.0387. The molecule has 5 heterocycles. The summed E-state index contributed by atoms with van der Waals surface area (Å²) in [5.74, 6) is -6.95. The van der Waals surface area contributed by atoms with E-state index < -0.39 is 100 Å². The fourth-order valence-corrected chi connectivity index (χ4v) is 8.59. The van der Waals surface area contributed by atoms with E-state index >= 15 is 4.39 Å². The molecule has 0 spiro atoms. The zero-order chi connectivity index (χ0) is 53.7. The van der Waals surface area contributed by atoms with Gasteiger partial charge in [0, 0.05) is 54.1 Å². The number of nitrogens with zero attached hydrogens (tertiary/aromatic N) is 3. The fraction of sp³-hybridized carbons (Fsp3) is 0.500. The van der Waals surface area contributed by atoms with E-state index in [1.54, 1.807) is 33.8 Å². The summed E-state index contributed by atoms with van der Waals surface area (Å²) in [5, 5.41) is 24.3. The fourth-order valence-electron chi connectivity index (χ4n) is 8.59. The minimum Gasteiger partial charge on any atom is -0.489 e. The van der Waals surface area contributed by atoms with E-state index in [9.17, 15) is 53.1 Å². The maximum absolute atomic E-state index is 15.6. The second-order valence-corrected chi connectivity index (χ2v) is 19.0. The minimum absolute atomic E-state index is 0.0183. The maximum Gasteiger partial charge on any atom is 0.343 e. The standard InChI is InChI=1S/C50H61FN8O14/c1-9-28-29-20-37(33(51)22-35(29)57-42-30(28)23-59-36(42)21-32-31(47(59)68)24-72-48(69)50(32,70)10-2)71-19-17-52-43(64)25(3)53-44(65)26(4)54-45(66)27(5)55-46(67)34(13-16-41(63)73-49(6,7)8)56-38(60)12-11-18-58-39(61)14-15-40(58)62/h14-15,20-22,25-27,34,70H,9-13,16-19,23-24H2,1-8H3,(H,52,64)(H,53,65)(H,54,66)(H,55,67)(H,56,60)/t25-,26-,27-,34-,50-/m0/s1. The molecule has 0 saturated heterocycles. The lowest BCUT2D eigenvalue weighted by molar-refractivity contribution is -0.172. The van der Waals surface area contributed by atoms with Crippen LogP contribution in [0.3, 0.4) is 0 Å². The van der Waals surface area contributed by atoms with Gasteiger partial charge in [0.2, 0.25) is 29.5 Å². The van der Waals surface area contributed by atoms with Crippen LogP contribution < -0.4 is 36.9 Å². The number of aryl methyl sites for hydroxylation is 1. The number of cyclic esters (lactones) is 1. The number of imide groups is 1. The smallest absolute Gasteiger partial charge is 0.343 e. The average molecular weight is 1020 g/mol. The molecule has 3 aliphatic rings. The van der Waals surface area contributed by atoms with Gasteiger partial charge >= 0.3 is 11.9 Å². The number of aromatic nitrogens is 2. The van der Waals surface area contributed by atoms with Crippen LogP contribution in [0.2, 0.25) is 0 Å². The Morgan fingerprint density at radius 3 is 2.11 bits per heavy atom. The van der Waals surface area contributed by atoms with Gasteiger partial charge in [0.05, 0.1) is 35.6 Å². The number of pyridine rings is 2. The van der Waals surface area contributed by atoms with Gasteiger partial charge in [0.1, 0.15) is 43.0 Å². The van der Waals surface area contributed by atoms with Crippen molar-refractivity contribution >= 4 is 64.2 Å². The van der Waals surface area contributed by atoms with Crippen LogP contribution in [0.4, 0.5) is 4.39 Å². The number of ether oxygens (including phenoxy) is 3. The van der Waals surface area contributed by atoms with E-state index in [0.717, 1.165) is 28.2 Å². The maximum atomic E-state index is 15.6. The second-order valence-electron chi connectivity index (χ2n) is 19.0. The average Bonchev–Trinajstić information content (AvgIpc) is 3.86. The molecule has 5 atom stereocenters. The first kappa shape index (κ1) is 54.8. The number of esters is 2. The van der Waals surface area contributed by atoms with Gasteiger partial charge in [-0.1, -0.05) is 13.8 Å². The number of nitrogens with one attached hydrogen (secondary N) is 5. The Balaban J connectivity index is 0.988. The normalized spacial score (nSPS) is 17.3. The summed E-state index contributed by atoms with van der Waals surface area (Å²) in [6.45, 7) is 12.2. The molecule has 392 valence electrons. The van der Waals surface area contributed by atoms with Crippen LogP contribution >= 0.6 is 0 Å². The number of carbonyl (C=O) groups excluding carboxylic acids is 9. The molecule has 6 N–H and O–H groups in total. The zero-order valence-electron chi connectivity index (χ0n) is 41.9. The lowest BCUT2D eigenvalue weighted by atomic mass is 9.86. The number of rotatable bonds is 21. The number of aliphatic hydroxyl groups is 1. The second kappa shape index (κ2) is 22.5. The molecule has 2 aromatic heterocycles. The highest BCUT2D eigenvalue weighted by atomic mass is 19.1. The van der Waals surface area contributed by atoms with Gasteiger partial charge in [-0.15, -0.1) is 0 Å². The van der Waals surface area contributed by atoms with Gasteiger partial charge in [0.25, 0.3) is 17.4 Å². The lowest BCUT2D eigenvalue weighted by Gasteiger charge is -2.31. The SMILES string of the molecule is CCc1c2c(nc3cc(F)c(OCCNC(=O)[C@H](C)NC(=O)[C@H](C)NC(=O)[C@H](C)NC(=O)[C@H](CCC(=O)OC(C)(C)C)NC(=O)CCCN4C(=O)C=CC4=O)cc13)-c1cc3c(c(=O)n1C2)COC(=O)[C@]3(O)CC. The first-order chi connectivity index (χ1) is 34.4. The van der Waals surface area contributed by atoms with Gasteiger partial charge in [-0.2, -0.15) is 0 Å². The number of halogens is 1. The molecular weight excluding hydrogens is 956 g/mol. The predicted octanol–water partition coefficient (Wildman–Crippen LogP) is 1.10. The Morgan fingerprint density at radius 1 is 0.863 bits per heavy atom. The van der Waals surface area contributed by atoms with E-state index in [1.807, 2.05) is 6.92 Å². The lowest BCUT2D eigenvalue weighted by Crippen LogP contribution is -2.56. The van der Waals surface area contributed by atoms with E-state index in [2.05, 4.69) is 26.6 Å². The van der Waals surface area contributed by atoms with Crippen molar-refractivity contribution in [2.24, 2.45) is 0 Å². The molecule has 1 aromatic carbocycles. The van der Waals surface area contributed by atoms with Gasteiger partial charge in [-0.05, 0) is 84.9 Å². The topological polar surface area (TPSA) is 300 Å². The van der Waals surface area contributed by atoms with Crippen molar-refractivity contribution in [3.8, 4) is 17.1 Å². The van der Waals surface area contributed by atoms with Crippen LogP contribution in [0, 0.1) is 5.82 Å². The highest BCUT2D eigenvalue weighted by Gasteiger charge is 2.45.